The average Bonchev–Trinajstić information content (AvgIpc) is 2.70. The van der Waals surface area contributed by atoms with Crippen LogP contribution in [0.3, 0.4) is 0 Å². The Morgan fingerprint density at radius 1 is 1.10 bits per heavy atom. The number of aryl methyl sites for hydroxylation is 2. The standard InChI is InChI=1S/C22H28N2O4S/c1-17-8-9-18(2)21(16-17)29(26,27)23-19-10-13-24(14-11-19)22(25)12-15-28-20-6-4-3-5-7-20/h3-9,16,19,23H,10-15H2,1-2H3. The van der Waals surface area contributed by atoms with Crippen LogP contribution in [0.4, 0.5) is 0 Å². The summed E-state index contributed by atoms with van der Waals surface area (Å²) in [5, 5.41) is 0. The van der Waals surface area contributed by atoms with Gasteiger partial charge in [0, 0.05) is 19.1 Å². The molecular weight excluding hydrogens is 388 g/mol. The average molecular weight is 417 g/mol. The fraction of sp³-hybridized carbons (Fsp3) is 0.409. The lowest BCUT2D eigenvalue weighted by molar-refractivity contribution is -0.132. The summed E-state index contributed by atoms with van der Waals surface area (Å²) in [6, 6.07) is 14.7. The van der Waals surface area contributed by atoms with Crippen LogP contribution in [-0.4, -0.2) is 45.0 Å². The van der Waals surface area contributed by atoms with Crippen molar-refractivity contribution >= 4 is 15.9 Å². The van der Waals surface area contributed by atoms with Crippen LogP contribution in [-0.2, 0) is 14.8 Å². The van der Waals surface area contributed by atoms with Crippen LogP contribution >= 0.6 is 0 Å². The van der Waals surface area contributed by atoms with Crippen LogP contribution in [0.1, 0.15) is 30.4 Å². The summed E-state index contributed by atoms with van der Waals surface area (Å²) in [5.41, 5.74) is 1.64. The number of nitrogens with one attached hydrogen (secondary N) is 1. The molecule has 0 aromatic heterocycles. The van der Waals surface area contributed by atoms with Crippen LogP contribution in [0.2, 0.25) is 0 Å². The molecule has 1 aliphatic heterocycles. The number of piperidine rings is 1. The minimum absolute atomic E-state index is 0.0387. The van der Waals surface area contributed by atoms with Crippen molar-refractivity contribution in [2.24, 2.45) is 0 Å². The molecule has 1 amide bonds. The van der Waals surface area contributed by atoms with Gasteiger partial charge in [-0.3, -0.25) is 4.79 Å². The molecule has 1 fully saturated rings. The lowest BCUT2D eigenvalue weighted by atomic mass is 10.1. The van der Waals surface area contributed by atoms with Gasteiger partial charge in [-0.15, -0.1) is 0 Å². The molecule has 3 rings (SSSR count). The zero-order chi connectivity index (χ0) is 20.9. The number of rotatable bonds is 7. The van der Waals surface area contributed by atoms with E-state index >= 15 is 0 Å². The third kappa shape index (κ3) is 5.81. The lowest BCUT2D eigenvalue weighted by Crippen LogP contribution is -2.46. The fourth-order valence-corrected chi connectivity index (χ4v) is 5.09. The first-order valence-corrected chi connectivity index (χ1v) is 11.4. The Labute approximate surface area is 172 Å². The van der Waals surface area contributed by atoms with Gasteiger partial charge in [0.05, 0.1) is 17.9 Å². The van der Waals surface area contributed by atoms with E-state index in [0.29, 0.717) is 43.9 Å². The van der Waals surface area contributed by atoms with Crippen LogP contribution in [0.5, 0.6) is 5.75 Å². The molecule has 0 spiro atoms. The van der Waals surface area contributed by atoms with Crippen molar-refractivity contribution in [2.45, 2.75) is 44.0 Å². The highest BCUT2D eigenvalue weighted by Crippen LogP contribution is 2.20. The molecule has 6 nitrogen and oxygen atoms in total. The molecule has 0 radical (unpaired) electrons. The van der Waals surface area contributed by atoms with E-state index in [9.17, 15) is 13.2 Å². The minimum atomic E-state index is -3.57. The zero-order valence-corrected chi connectivity index (χ0v) is 17.7. The highest BCUT2D eigenvalue weighted by Gasteiger charge is 2.27. The van der Waals surface area contributed by atoms with Crippen LogP contribution in [0, 0.1) is 13.8 Å². The number of para-hydroxylation sites is 1. The Bertz CT molecular complexity index is 937. The first-order chi connectivity index (χ1) is 13.8. The minimum Gasteiger partial charge on any atom is -0.493 e. The summed E-state index contributed by atoms with van der Waals surface area (Å²) in [4.78, 5) is 14.5. The third-order valence-corrected chi connectivity index (χ3v) is 6.79. The van der Waals surface area contributed by atoms with E-state index in [1.807, 2.05) is 49.4 Å². The third-order valence-electron chi connectivity index (χ3n) is 5.13. The molecule has 0 aliphatic carbocycles. The number of amides is 1. The summed E-state index contributed by atoms with van der Waals surface area (Å²) in [6.45, 7) is 5.10. The van der Waals surface area contributed by atoms with Crippen molar-refractivity contribution < 1.29 is 17.9 Å². The maximum atomic E-state index is 12.8. The topological polar surface area (TPSA) is 75.7 Å². The summed E-state index contributed by atoms with van der Waals surface area (Å²) in [6.07, 6.45) is 1.53. The van der Waals surface area contributed by atoms with Gasteiger partial charge in [0.2, 0.25) is 15.9 Å². The van der Waals surface area contributed by atoms with Gasteiger partial charge >= 0.3 is 0 Å². The fourth-order valence-electron chi connectivity index (χ4n) is 3.46. The molecule has 1 saturated heterocycles. The van der Waals surface area contributed by atoms with Crippen LogP contribution in [0.15, 0.2) is 53.4 Å². The molecule has 0 unspecified atom stereocenters. The highest BCUT2D eigenvalue weighted by atomic mass is 32.2. The molecule has 1 heterocycles. The number of hydrogen-bond acceptors (Lipinski definition) is 4. The number of likely N-dealkylation sites (tertiary alicyclic amines) is 1. The van der Waals surface area contributed by atoms with E-state index < -0.39 is 10.0 Å². The zero-order valence-electron chi connectivity index (χ0n) is 16.9. The number of carbonyl (C=O) groups excluding carboxylic acids is 1. The normalized spacial score (nSPS) is 15.3. The van der Waals surface area contributed by atoms with Gasteiger partial charge in [0.15, 0.2) is 0 Å². The van der Waals surface area contributed by atoms with Gasteiger partial charge in [-0.2, -0.15) is 0 Å². The maximum absolute atomic E-state index is 12.8. The molecule has 1 aliphatic rings. The summed E-state index contributed by atoms with van der Waals surface area (Å²) in [7, 11) is -3.57. The second-order valence-corrected chi connectivity index (χ2v) is 9.14. The first kappa shape index (κ1) is 21.3. The number of benzene rings is 2. The van der Waals surface area contributed by atoms with E-state index in [0.717, 1.165) is 16.9 Å². The van der Waals surface area contributed by atoms with Crippen molar-refractivity contribution in [1.29, 1.82) is 0 Å². The molecule has 2 aromatic carbocycles. The Balaban J connectivity index is 1.47. The summed E-state index contributed by atoms with van der Waals surface area (Å²) >= 11 is 0. The van der Waals surface area contributed by atoms with Crippen molar-refractivity contribution in [3.63, 3.8) is 0 Å². The molecule has 2 aromatic rings. The Hall–Kier alpha value is -2.38. The van der Waals surface area contributed by atoms with E-state index in [-0.39, 0.29) is 11.9 Å². The molecule has 0 atom stereocenters. The van der Waals surface area contributed by atoms with Gasteiger partial charge in [-0.1, -0.05) is 30.3 Å². The van der Waals surface area contributed by atoms with E-state index in [4.69, 9.17) is 4.74 Å². The van der Waals surface area contributed by atoms with Gasteiger partial charge in [0.1, 0.15) is 5.75 Å². The van der Waals surface area contributed by atoms with Crippen molar-refractivity contribution in [3.05, 3.63) is 59.7 Å². The van der Waals surface area contributed by atoms with Crippen molar-refractivity contribution in [2.75, 3.05) is 19.7 Å². The second kappa shape index (κ2) is 9.41. The van der Waals surface area contributed by atoms with Crippen molar-refractivity contribution in [1.82, 2.24) is 9.62 Å². The monoisotopic (exact) mass is 416 g/mol. The van der Waals surface area contributed by atoms with E-state index in [2.05, 4.69) is 4.72 Å². The predicted octanol–water partition coefficient (Wildman–Crippen LogP) is 3.04. The summed E-state index contributed by atoms with van der Waals surface area (Å²) in [5.74, 6) is 0.789. The molecule has 1 N–H and O–H groups in total. The van der Waals surface area contributed by atoms with E-state index in [1.54, 1.807) is 17.9 Å². The van der Waals surface area contributed by atoms with Gasteiger partial charge in [-0.25, -0.2) is 13.1 Å². The van der Waals surface area contributed by atoms with Crippen LogP contribution < -0.4 is 9.46 Å². The largest absolute Gasteiger partial charge is 0.493 e. The number of hydrogen-bond donors (Lipinski definition) is 1. The Kier molecular flexibility index (Phi) is 6.92. The molecular formula is C22H28N2O4S. The number of sulfonamides is 1. The maximum Gasteiger partial charge on any atom is 0.241 e. The Morgan fingerprint density at radius 2 is 1.79 bits per heavy atom. The lowest BCUT2D eigenvalue weighted by Gasteiger charge is -2.32. The second-order valence-electron chi connectivity index (χ2n) is 7.46. The quantitative estimate of drug-likeness (QED) is 0.753. The van der Waals surface area contributed by atoms with E-state index in [1.165, 1.54) is 0 Å². The van der Waals surface area contributed by atoms with Gasteiger partial charge in [0.25, 0.3) is 0 Å². The first-order valence-electron chi connectivity index (χ1n) is 9.90. The molecule has 0 saturated carbocycles. The van der Waals surface area contributed by atoms with Crippen LogP contribution in [0.25, 0.3) is 0 Å². The molecule has 0 bridgehead atoms. The highest BCUT2D eigenvalue weighted by molar-refractivity contribution is 7.89. The number of nitrogens with zero attached hydrogens (tertiary/aromatic N) is 1. The molecule has 7 heteroatoms. The van der Waals surface area contributed by atoms with Crippen molar-refractivity contribution in [3.8, 4) is 5.75 Å². The smallest absolute Gasteiger partial charge is 0.241 e. The predicted molar refractivity (Wildman–Crippen MR) is 112 cm³/mol. The molecule has 156 valence electrons. The summed E-state index contributed by atoms with van der Waals surface area (Å²) < 4.78 is 33.9. The van der Waals surface area contributed by atoms with Gasteiger partial charge in [-0.05, 0) is 56.0 Å². The SMILES string of the molecule is Cc1ccc(C)c(S(=O)(=O)NC2CCN(C(=O)CCOc3ccccc3)CC2)c1. The Morgan fingerprint density at radius 3 is 2.48 bits per heavy atom. The number of ether oxygens (including phenoxy) is 1. The molecule has 29 heavy (non-hydrogen) atoms. The van der Waals surface area contributed by atoms with Gasteiger partial charge < -0.3 is 9.64 Å². The number of carbonyl (C=O) groups is 1.